The molecule has 1 rings (SSSR count). The molecule has 1 N–H and O–H groups in total. The van der Waals surface area contributed by atoms with E-state index >= 15 is 0 Å². The molecule has 0 aliphatic rings. The van der Waals surface area contributed by atoms with E-state index in [0.717, 1.165) is 0 Å². The highest BCUT2D eigenvalue weighted by Gasteiger charge is 2.34. The third-order valence-corrected chi connectivity index (χ3v) is 3.57. The number of carboxylic acid groups (broad SMARTS) is 1. The fourth-order valence-electron chi connectivity index (χ4n) is 2.27. The standard InChI is InChI=1S/C16H19NO5/c1-4-16(10-17,9-12(18)7-15(19)20)11-5-13(21-2)8-14(6-11)22-3/h5-6,8H,4,7,9H2,1-3H3,(H,19,20). The summed E-state index contributed by atoms with van der Waals surface area (Å²) in [4.78, 5) is 22.5. The van der Waals surface area contributed by atoms with E-state index in [2.05, 4.69) is 6.07 Å². The average Bonchev–Trinajstić information content (AvgIpc) is 2.51. The molecule has 0 radical (unpaired) electrons. The molecule has 6 heteroatoms. The summed E-state index contributed by atoms with van der Waals surface area (Å²) in [6.45, 7) is 1.78. The smallest absolute Gasteiger partial charge is 0.310 e. The zero-order valence-corrected chi connectivity index (χ0v) is 12.9. The minimum atomic E-state index is -1.20. The van der Waals surface area contributed by atoms with Crippen LogP contribution < -0.4 is 9.47 Å². The Labute approximate surface area is 129 Å². The Bertz CT molecular complexity index is 583. The van der Waals surface area contributed by atoms with Gasteiger partial charge >= 0.3 is 5.97 Å². The molecular weight excluding hydrogens is 286 g/mol. The number of methoxy groups -OCH3 is 2. The van der Waals surface area contributed by atoms with Gasteiger partial charge in [-0.25, -0.2) is 0 Å². The van der Waals surface area contributed by atoms with Crippen LogP contribution in [0, 0.1) is 11.3 Å². The van der Waals surface area contributed by atoms with E-state index in [1.165, 1.54) is 14.2 Å². The summed E-state index contributed by atoms with van der Waals surface area (Å²) in [6, 6.07) is 7.17. The molecule has 0 aliphatic heterocycles. The van der Waals surface area contributed by atoms with Crippen LogP contribution in [0.25, 0.3) is 0 Å². The van der Waals surface area contributed by atoms with E-state index in [0.29, 0.717) is 23.5 Å². The Morgan fingerprint density at radius 1 is 1.23 bits per heavy atom. The van der Waals surface area contributed by atoms with Gasteiger partial charge < -0.3 is 14.6 Å². The summed E-state index contributed by atoms with van der Waals surface area (Å²) in [6.07, 6.45) is -0.391. The van der Waals surface area contributed by atoms with Gasteiger partial charge in [0, 0.05) is 12.5 Å². The van der Waals surface area contributed by atoms with Crippen molar-refractivity contribution in [2.75, 3.05) is 14.2 Å². The van der Waals surface area contributed by atoms with Crippen LogP contribution in [0.1, 0.15) is 31.7 Å². The van der Waals surface area contributed by atoms with Crippen molar-refractivity contribution in [2.24, 2.45) is 0 Å². The second kappa shape index (κ2) is 7.46. The predicted molar refractivity (Wildman–Crippen MR) is 79.0 cm³/mol. The molecule has 6 nitrogen and oxygen atoms in total. The molecule has 0 heterocycles. The maximum absolute atomic E-state index is 11.9. The predicted octanol–water partition coefficient (Wildman–Crippen LogP) is 2.31. The van der Waals surface area contributed by atoms with Gasteiger partial charge in [-0.3, -0.25) is 9.59 Å². The Morgan fingerprint density at radius 3 is 2.14 bits per heavy atom. The Kier molecular flexibility index (Phi) is 5.93. The van der Waals surface area contributed by atoms with E-state index in [9.17, 15) is 14.9 Å². The fourth-order valence-corrected chi connectivity index (χ4v) is 2.27. The summed E-state index contributed by atoms with van der Waals surface area (Å²) in [5.41, 5.74) is -0.526. The first-order valence-corrected chi connectivity index (χ1v) is 6.79. The molecule has 0 saturated carbocycles. The minimum Gasteiger partial charge on any atom is -0.497 e. The lowest BCUT2D eigenvalue weighted by Gasteiger charge is -2.25. The largest absolute Gasteiger partial charge is 0.497 e. The topological polar surface area (TPSA) is 96.6 Å². The van der Waals surface area contributed by atoms with Crippen LogP contribution in [0.3, 0.4) is 0 Å². The number of carboxylic acids is 1. The van der Waals surface area contributed by atoms with Crippen molar-refractivity contribution < 1.29 is 24.2 Å². The number of benzene rings is 1. The van der Waals surface area contributed by atoms with E-state index < -0.39 is 23.6 Å². The molecule has 0 spiro atoms. The summed E-state index contributed by atoms with van der Waals surface area (Å²) < 4.78 is 10.4. The van der Waals surface area contributed by atoms with Gasteiger partial charge in [-0.1, -0.05) is 6.92 Å². The van der Waals surface area contributed by atoms with Gasteiger partial charge in [-0.15, -0.1) is 0 Å². The molecule has 0 saturated heterocycles. The summed E-state index contributed by atoms with van der Waals surface area (Å²) >= 11 is 0. The number of carbonyl (C=O) groups is 2. The first kappa shape index (κ1) is 17.5. The van der Waals surface area contributed by atoms with Gasteiger partial charge in [0.2, 0.25) is 0 Å². The number of Topliss-reactive ketones (excluding diaryl/α,β-unsaturated/α-hetero) is 1. The maximum Gasteiger partial charge on any atom is 0.310 e. The number of hydrogen-bond acceptors (Lipinski definition) is 5. The fraction of sp³-hybridized carbons (Fsp3) is 0.438. The van der Waals surface area contributed by atoms with E-state index in [-0.39, 0.29) is 6.42 Å². The highest BCUT2D eigenvalue weighted by Crippen LogP contribution is 2.36. The van der Waals surface area contributed by atoms with Crippen LogP contribution in [-0.4, -0.2) is 31.1 Å². The normalized spacial score (nSPS) is 12.8. The molecule has 0 aliphatic carbocycles. The molecule has 118 valence electrons. The zero-order valence-electron chi connectivity index (χ0n) is 12.9. The van der Waals surface area contributed by atoms with Gasteiger partial charge in [0.1, 0.15) is 23.7 Å². The number of rotatable bonds is 8. The number of hydrogen-bond donors (Lipinski definition) is 1. The summed E-state index contributed by atoms with van der Waals surface area (Å²) in [7, 11) is 2.99. The molecular formula is C16H19NO5. The van der Waals surface area contributed by atoms with E-state index in [1.54, 1.807) is 25.1 Å². The van der Waals surface area contributed by atoms with Gasteiger partial charge in [-0.05, 0) is 24.1 Å². The highest BCUT2D eigenvalue weighted by atomic mass is 16.5. The van der Waals surface area contributed by atoms with Crippen LogP contribution in [0.4, 0.5) is 0 Å². The summed E-state index contributed by atoms with van der Waals surface area (Å²) in [5.74, 6) is -0.671. The van der Waals surface area contributed by atoms with E-state index in [4.69, 9.17) is 14.6 Å². The monoisotopic (exact) mass is 305 g/mol. The molecule has 0 bridgehead atoms. The van der Waals surface area contributed by atoms with Crippen molar-refractivity contribution in [1.82, 2.24) is 0 Å². The molecule has 22 heavy (non-hydrogen) atoms. The molecule has 1 aromatic rings. The second-order valence-electron chi connectivity index (χ2n) is 4.93. The number of aliphatic carboxylic acids is 1. The Hall–Kier alpha value is -2.55. The SMILES string of the molecule is CCC(C#N)(CC(=O)CC(=O)O)c1cc(OC)cc(OC)c1. The number of nitriles is 1. The van der Waals surface area contributed by atoms with Crippen LogP contribution in [-0.2, 0) is 15.0 Å². The van der Waals surface area contributed by atoms with Crippen LogP contribution in [0.2, 0.25) is 0 Å². The van der Waals surface area contributed by atoms with Crippen molar-refractivity contribution in [3.05, 3.63) is 23.8 Å². The van der Waals surface area contributed by atoms with E-state index in [1.807, 2.05) is 0 Å². The highest BCUT2D eigenvalue weighted by molar-refractivity contribution is 5.95. The number of ether oxygens (including phenoxy) is 2. The molecule has 0 amide bonds. The van der Waals surface area contributed by atoms with Crippen molar-refractivity contribution in [2.45, 2.75) is 31.6 Å². The molecule has 1 atom stereocenters. The molecule has 0 aromatic heterocycles. The molecule has 1 aromatic carbocycles. The Balaban J connectivity index is 3.27. The van der Waals surface area contributed by atoms with Crippen LogP contribution in [0.15, 0.2) is 18.2 Å². The van der Waals surface area contributed by atoms with Crippen LogP contribution >= 0.6 is 0 Å². The first-order valence-electron chi connectivity index (χ1n) is 6.79. The Morgan fingerprint density at radius 2 is 1.77 bits per heavy atom. The van der Waals surface area contributed by atoms with Crippen molar-refractivity contribution in [3.63, 3.8) is 0 Å². The van der Waals surface area contributed by atoms with Crippen molar-refractivity contribution in [1.29, 1.82) is 5.26 Å². The molecule has 1 unspecified atom stereocenters. The maximum atomic E-state index is 11.9. The van der Waals surface area contributed by atoms with Crippen LogP contribution in [0.5, 0.6) is 11.5 Å². The van der Waals surface area contributed by atoms with Gasteiger partial charge in [-0.2, -0.15) is 5.26 Å². The van der Waals surface area contributed by atoms with Crippen molar-refractivity contribution >= 4 is 11.8 Å². The number of ketones is 1. The average molecular weight is 305 g/mol. The van der Waals surface area contributed by atoms with Gasteiger partial charge in [0.15, 0.2) is 0 Å². The number of carbonyl (C=O) groups excluding carboxylic acids is 1. The first-order chi connectivity index (χ1) is 10.4. The summed E-state index contributed by atoms with van der Waals surface area (Å²) in [5, 5.41) is 18.3. The second-order valence-corrected chi connectivity index (χ2v) is 4.93. The minimum absolute atomic E-state index is 0.164. The lowest BCUT2D eigenvalue weighted by atomic mass is 9.75. The third-order valence-electron chi connectivity index (χ3n) is 3.57. The zero-order chi connectivity index (χ0) is 16.8. The third kappa shape index (κ3) is 3.98. The quantitative estimate of drug-likeness (QED) is 0.740. The van der Waals surface area contributed by atoms with Gasteiger partial charge in [0.25, 0.3) is 0 Å². The van der Waals surface area contributed by atoms with Gasteiger partial charge in [0.05, 0.1) is 25.7 Å². The molecule has 0 fully saturated rings. The lowest BCUT2D eigenvalue weighted by molar-refractivity contribution is -0.140. The lowest BCUT2D eigenvalue weighted by Crippen LogP contribution is -2.28. The number of nitrogens with zero attached hydrogens (tertiary/aromatic N) is 1. The van der Waals surface area contributed by atoms with Crippen molar-refractivity contribution in [3.8, 4) is 17.6 Å².